The lowest BCUT2D eigenvalue weighted by molar-refractivity contribution is -0.123. The van der Waals surface area contributed by atoms with Crippen molar-refractivity contribution in [3.8, 4) is 5.75 Å². The van der Waals surface area contributed by atoms with Crippen LogP contribution in [-0.2, 0) is 14.8 Å². The van der Waals surface area contributed by atoms with E-state index >= 15 is 0 Å². The Balaban J connectivity index is 1.45. The van der Waals surface area contributed by atoms with Crippen molar-refractivity contribution in [3.05, 3.63) is 24.3 Å². The number of fused-ring (bicyclic) bond motifs is 2. The van der Waals surface area contributed by atoms with Crippen molar-refractivity contribution >= 4 is 15.9 Å². The van der Waals surface area contributed by atoms with Crippen molar-refractivity contribution in [2.75, 3.05) is 39.8 Å². The number of benzene rings is 1. The largest absolute Gasteiger partial charge is 0.497 e. The number of likely N-dealkylation sites (tertiary alicyclic amines) is 1. The highest BCUT2D eigenvalue weighted by molar-refractivity contribution is 7.89. The molecular weight excluding hydrogens is 402 g/mol. The molecule has 0 radical (unpaired) electrons. The molecule has 3 aliphatic rings. The van der Waals surface area contributed by atoms with E-state index < -0.39 is 10.0 Å². The molecule has 1 aromatic carbocycles. The summed E-state index contributed by atoms with van der Waals surface area (Å²) < 4.78 is 32.8. The highest BCUT2D eigenvalue weighted by Gasteiger charge is 2.57. The number of hydrogen-bond acceptors (Lipinski definition) is 5. The van der Waals surface area contributed by atoms with Crippen LogP contribution in [0, 0.1) is 17.8 Å². The Hall–Kier alpha value is -1.64. The van der Waals surface area contributed by atoms with Gasteiger partial charge in [-0.15, -0.1) is 0 Å². The molecular formula is C22H33N3O4S. The third-order valence-electron chi connectivity index (χ3n) is 7.39. The number of rotatable bonds is 6. The van der Waals surface area contributed by atoms with Crippen LogP contribution >= 0.6 is 0 Å². The molecule has 8 heteroatoms. The summed E-state index contributed by atoms with van der Waals surface area (Å²) in [7, 11) is -1.98. The number of nitrogens with one attached hydrogen (secondary N) is 1. The average Bonchev–Trinajstić information content (AvgIpc) is 3.27. The maximum atomic E-state index is 13.1. The summed E-state index contributed by atoms with van der Waals surface area (Å²) in [6, 6.07) is 6.53. The Morgan fingerprint density at radius 2 is 1.87 bits per heavy atom. The van der Waals surface area contributed by atoms with Crippen molar-refractivity contribution in [2.45, 2.75) is 43.5 Å². The van der Waals surface area contributed by atoms with Gasteiger partial charge in [0.25, 0.3) is 0 Å². The van der Waals surface area contributed by atoms with Gasteiger partial charge < -0.3 is 15.0 Å². The first-order chi connectivity index (χ1) is 14.3. The lowest BCUT2D eigenvalue weighted by Crippen LogP contribution is -2.56. The van der Waals surface area contributed by atoms with Gasteiger partial charge in [-0.2, -0.15) is 4.31 Å². The van der Waals surface area contributed by atoms with Crippen molar-refractivity contribution in [2.24, 2.45) is 17.8 Å². The van der Waals surface area contributed by atoms with Gasteiger partial charge in [0, 0.05) is 44.2 Å². The van der Waals surface area contributed by atoms with Crippen molar-refractivity contribution in [3.63, 3.8) is 0 Å². The molecule has 1 unspecified atom stereocenters. The van der Waals surface area contributed by atoms with Crippen LogP contribution in [0.5, 0.6) is 5.75 Å². The molecule has 3 fully saturated rings. The van der Waals surface area contributed by atoms with Crippen LogP contribution in [-0.4, -0.2) is 68.9 Å². The van der Waals surface area contributed by atoms with Gasteiger partial charge in [-0.25, -0.2) is 8.42 Å². The second kappa shape index (κ2) is 8.13. The third-order valence-corrected chi connectivity index (χ3v) is 9.31. The number of sulfonamides is 1. The highest BCUT2D eigenvalue weighted by Crippen LogP contribution is 2.44. The molecule has 1 spiro atoms. The predicted molar refractivity (Wildman–Crippen MR) is 115 cm³/mol. The third kappa shape index (κ3) is 3.74. The SMILES string of the molecule is CCC(C)CN1C[C@H]2C(=O)NC3(CCN(S(=O)(=O)c4ccc(OC)cc4)CC3)[C@H]2C1. The minimum absolute atomic E-state index is 0.0406. The number of carbonyl (C=O) groups is 1. The van der Waals surface area contributed by atoms with Crippen LogP contribution in [0.1, 0.15) is 33.1 Å². The first kappa shape index (κ1) is 21.6. The summed E-state index contributed by atoms with van der Waals surface area (Å²) in [6.45, 7) is 8.12. The molecule has 0 bridgehead atoms. The monoisotopic (exact) mass is 435 g/mol. The van der Waals surface area contributed by atoms with Gasteiger partial charge in [-0.3, -0.25) is 4.79 Å². The number of nitrogens with zero attached hydrogens (tertiary/aromatic N) is 2. The first-order valence-electron chi connectivity index (χ1n) is 11.0. The highest BCUT2D eigenvalue weighted by atomic mass is 32.2. The van der Waals surface area contributed by atoms with Crippen LogP contribution in [0.4, 0.5) is 0 Å². The van der Waals surface area contributed by atoms with Crippen LogP contribution < -0.4 is 10.1 Å². The molecule has 1 aromatic rings. The second-order valence-electron chi connectivity index (χ2n) is 9.17. The molecule has 30 heavy (non-hydrogen) atoms. The Kier molecular flexibility index (Phi) is 5.85. The molecule has 3 atom stereocenters. The van der Waals surface area contributed by atoms with Crippen LogP contribution in [0.15, 0.2) is 29.2 Å². The first-order valence-corrected chi connectivity index (χ1v) is 12.4. The normalized spacial score (nSPS) is 27.8. The smallest absolute Gasteiger partial charge is 0.243 e. The maximum absolute atomic E-state index is 13.1. The maximum Gasteiger partial charge on any atom is 0.243 e. The van der Waals surface area contributed by atoms with E-state index in [1.54, 1.807) is 35.7 Å². The quantitative estimate of drug-likeness (QED) is 0.739. The van der Waals surface area contributed by atoms with E-state index in [-0.39, 0.29) is 28.2 Å². The van der Waals surface area contributed by atoms with Gasteiger partial charge in [0.2, 0.25) is 15.9 Å². The number of methoxy groups -OCH3 is 1. The number of piperidine rings is 1. The number of carbonyl (C=O) groups excluding carboxylic acids is 1. The minimum atomic E-state index is -3.54. The number of ether oxygens (including phenoxy) is 1. The topological polar surface area (TPSA) is 79.0 Å². The summed E-state index contributed by atoms with van der Waals surface area (Å²) in [4.78, 5) is 15.4. The fraction of sp³-hybridized carbons (Fsp3) is 0.682. The molecule has 3 aliphatic heterocycles. The van der Waals surface area contributed by atoms with E-state index in [0.717, 1.165) is 26.1 Å². The number of hydrogen-bond donors (Lipinski definition) is 1. The predicted octanol–water partition coefficient (Wildman–Crippen LogP) is 1.94. The van der Waals surface area contributed by atoms with Gasteiger partial charge in [0.05, 0.1) is 17.9 Å². The molecule has 0 saturated carbocycles. The van der Waals surface area contributed by atoms with Crippen molar-refractivity contribution < 1.29 is 17.9 Å². The van der Waals surface area contributed by atoms with Gasteiger partial charge in [-0.05, 0) is 43.0 Å². The standard InChI is InChI=1S/C22H33N3O4S/c1-4-16(2)13-24-14-19-20(15-24)22(23-21(19)26)9-11-25(12-10-22)30(27,28)18-7-5-17(29-3)6-8-18/h5-8,16,19-20H,4,9-15H2,1-3H3,(H,23,26)/t16?,19-,20+/m1/s1. The van der Waals surface area contributed by atoms with E-state index in [1.165, 1.54) is 0 Å². The van der Waals surface area contributed by atoms with E-state index in [0.29, 0.717) is 37.6 Å². The van der Waals surface area contributed by atoms with E-state index in [1.807, 2.05) is 0 Å². The Morgan fingerprint density at radius 1 is 1.20 bits per heavy atom. The van der Waals surface area contributed by atoms with Gasteiger partial charge in [0.15, 0.2) is 0 Å². The second-order valence-corrected chi connectivity index (χ2v) is 11.1. The summed E-state index contributed by atoms with van der Waals surface area (Å²) >= 11 is 0. The zero-order chi connectivity index (χ0) is 21.5. The summed E-state index contributed by atoms with van der Waals surface area (Å²) in [5.41, 5.74) is -0.266. The van der Waals surface area contributed by atoms with E-state index in [4.69, 9.17) is 4.74 Å². The van der Waals surface area contributed by atoms with Crippen molar-refractivity contribution in [1.82, 2.24) is 14.5 Å². The van der Waals surface area contributed by atoms with Crippen LogP contribution in [0.2, 0.25) is 0 Å². The summed E-state index contributed by atoms with van der Waals surface area (Å²) in [5.74, 6) is 1.73. The van der Waals surface area contributed by atoms with Crippen LogP contribution in [0.3, 0.4) is 0 Å². The average molecular weight is 436 g/mol. The molecule has 1 amide bonds. The van der Waals surface area contributed by atoms with E-state index in [9.17, 15) is 13.2 Å². The van der Waals surface area contributed by atoms with Crippen molar-refractivity contribution in [1.29, 1.82) is 0 Å². The molecule has 4 rings (SSSR count). The zero-order valence-electron chi connectivity index (χ0n) is 18.1. The molecule has 3 heterocycles. The van der Waals surface area contributed by atoms with E-state index in [2.05, 4.69) is 24.1 Å². The molecule has 166 valence electrons. The lowest BCUT2D eigenvalue weighted by Gasteiger charge is -2.42. The fourth-order valence-electron chi connectivity index (χ4n) is 5.38. The Bertz CT molecular complexity index is 878. The fourth-order valence-corrected chi connectivity index (χ4v) is 6.82. The van der Waals surface area contributed by atoms with Gasteiger partial charge in [-0.1, -0.05) is 20.3 Å². The Labute approximate surface area is 179 Å². The molecule has 7 nitrogen and oxygen atoms in total. The van der Waals surface area contributed by atoms with Crippen LogP contribution in [0.25, 0.3) is 0 Å². The van der Waals surface area contributed by atoms with Gasteiger partial charge in [0.1, 0.15) is 5.75 Å². The molecule has 3 saturated heterocycles. The summed E-state index contributed by atoms with van der Waals surface area (Å²) in [6.07, 6.45) is 2.49. The van der Waals surface area contributed by atoms with Gasteiger partial charge >= 0.3 is 0 Å². The number of amides is 1. The Morgan fingerprint density at radius 3 is 2.47 bits per heavy atom. The zero-order valence-corrected chi connectivity index (χ0v) is 19.0. The molecule has 0 aromatic heterocycles. The minimum Gasteiger partial charge on any atom is -0.497 e. The molecule has 1 N–H and O–H groups in total. The summed E-state index contributed by atoms with van der Waals surface area (Å²) in [5, 5.41) is 3.28. The lowest BCUT2D eigenvalue weighted by atomic mass is 9.76. The molecule has 0 aliphatic carbocycles.